The summed E-state index contributed by atoms with van der Waals surface area (Å²) < 4.78 is 2.53. The molecule has 0 radical (unpaired) electrons. The summed E-state index contributed by atoms with van der Waals surface area (Å²) in [4.78, 5) is 0. The zero-order valence-electron chi connectivity index (χ0n) is 8.56. The number of hydrogen-bond donors (Lipinski definition) is 1. The summed E-state index contributed by atoms with van der Waals surface area (Å²) in [5, 5.41) is 14.2. The van der Waals surface area contributed by atoms with Crippen LogP contribution in [0.3, 0.4) is 0 Å². The first-order chi connectivity index (χ1) is 7.58. The van der Waals surface area contributed by atoms with Gasteiger partial charge in [-0.15, -0.1) is 0 Å². The smallest absolute Gasteiger partial charge is 0.0790 e. The molecule has 3 nitrogen and oxygen atoms in total. The number of aromatic nitrogens is 2. The van der Waals surface area contributed by atoms with Crippen molar-refractivity contribution in [2.24, 2.45) is 0 Å². The van der Waals surface area contributed by atoms with Crippen LogP contribution in [0.5, 0.6) is 0 Å². The summed E-state index contributed by atoms with van der Waals surface area (Å²) in [6.07, 6.45) is 2.81. The van der Waals surface area contributed by atoms with Crippen LogP contribution >= 0.6 is 27.5 Å². The highest BCUT2D eigenvalue weighted by Crippen LogP contribution is 2.26. The fraction of sp³-hybridized carbons (Fsp3) is 0.182. The van der Waals surface area contributed by atoms with Crippen LogP contribution in [0, 0.1) is 0 Å². The van der Waals surface area contributed by atoms with Crippen LogP contribution in [0.1, 0.15) is 18.6 Å². The molecule has 84 valence electrons. The lowest BCUT2D eigenvalue weighted by molar-refractivity contribution is 0.198. The van der Waals surface area contributed by atoms with Gasteiger partial charge in [-0.2, -0.15) is 5.10 Å². The van der Waals surface area contributed by atoms with Crippen molar-refractivity contribution in [3.63, 3.8) is 0 Å². The molecule has 2 aromatic rings. The SMILES string of the molecule is C[C@@H](O)c1ccc(-n2cc(Cl)cn2)cc1Br. The monoisotopic (exact) mass is 300 g/mol. The van der Waals surface area contributed by atoms with E-state index in [1.54, 1.807) is 24.0 Å². The predicted molar refractivity (Wildman–Crippen MR) is 66.9 cm³/mol. The van der Waals surface area contributed by atoms with Crippen molar-refractivity contribution < 1.29 is 5.11 Å². The van der Waals surface area contributed by atoms with Crippen molar-refractivity contribution in [2.75, 3.05) is 0 Å². The number of aliphatic hydroxyl groups is 1. The average Bonchev–Trinajstić information content (AvgIpc) is 2.64. The molecule has 1 N–H and O–H groups in total. The largest absolute Gasteiger partial charge is 0.389 e. The molecule has 1 heterocycles. The zero-order valence-corrected chi connectivity index (χ0v) is 10.9. The van der Waals surface area contributed by atoms with E-state index in [0.29, 0.717) is 5.02 Å². The lowest BCUT2D eigenvalue weighted by Crippen LogP contribution is -1.97. The van der Waals surface area contributed by atoms with E-state index in [-0.39, 0.29) is 0 Å². The molecule has 0 aliphatic carbocycles. The lowest BCUT2D eigenvalue weighted by Gasteiger charge is -2.09. The molecule has 0 amide bonds. The van der Waals surface area contributed by atoms with Crippen molar-refractivity contribution >= 4 is 27.5 Å². The summed E-state index contributed by atoms with van der Waals surface area (Å²) in [5.74, 6) is 0. The van der Waals surface area contributed by atoms with Crippen LogP contribution in [0.2, 0.25) is 5.02 Å². The first-order valence-electron chi connectivity index (χ1n) is 4.76. The van der Waals surface area contributed by atoms with Crippen molar-refractivity contribution in [3.8, 4) is 5.69 Å². The molecule has 0 aliphatic heterocycles. The number of halogens is 2. The van der Waals surface area contributed by atoms with E-state index >= 15 is 0 Å². The Labute approximate surface area is 107 Å². The number of rotatable bonds is 2. The maximum atomic E-state index is 9.50. The minimum atomic E-state index is -0.496. The van der Waals surface area contributed by atoms with Gasteiger partial charge in [-0.3, -0.25) is 0 Å². The van der Waals surface area contributed by atoms with Gasteiger partial charge in [0.2, 0.25) is 0 Å². The second-order valence-corrected chi connectivity index (χ2v) is 4.78. The molecule has 0 aliphatic rings. The van der Waals surface area contributed by atoms with Crippen molar-refractivity contribution in [1.82, 2.24) is 9.78 Å². The van der Waals surface area contributed by atoms with Gasteiger partial charge in [0.25, 0.3) is 0 Å². The second kappa shape index (κ2) is 4.57. The third kappa shape index (κ3) is 2.29. The molecule has 1 aromatic carbocycles. The van der Waals surface area contributed by atoms with Crippen LogP contribution in [0.4, 0.5) is 0 Å². The first kappa shape index (κ1) is 11.6. The summed E-state index contributed by atoms with van der Waals surface area (Å²) >= 11 is 9.21. The standard InChI is InChI=1S/C11H10BrClN2O/c1-7(16)10-3-2-9(4-11(10)12)15-6-8(13)5-14-15/h2-7,16H,1H3/t7-/m1/s1. The molecule has 2 rings (SSSR count). The summed E-state index contributed by atoms with van der Waals surface area (Å²) in [7, 11) is 0. The fourth-order valence-electron chi connectivity index (χ4n) is 1.44. The highest BCUT2D eigenvalue weighted by molar-refractivity contribution is 9.10. The van der Waals surface area contributed by atoms with Gasteiger partial charge >= 0.3 is 0 Å². The third-order valence-corrected chi connectivity index (χ3v) is 3.13. The van der Waals surface area contributed by atoms with E-state index in [0.717, 1.165) is 15.7 Å². The highest BCUT2D eigenvalue weighted by Gasteiger charge is 2.07. The molecular formula is C11H10BrClN2O. The van der Waals surface area contributed by atoms with Crippen LogP contribution in [0.15, 0.2) is 35.1 Å². The zero-order chi connectivity index (χ0) is 11.7. The highest BCUT2D eigenvalue weighted by atomic mass is 79.9. The van der Waals surface area contributed by atoms with Gasteiger partial charge in [-0.25, -0.2) is 4.68 Å². The van der Waals surface area contributed by atoms with Gasteiger partial charge in [-0.05, 0) is 24.6 Å². The maximum absolute atomic E-state index is 9.50. The van der Waals surface area contributed by atoms with E-state index in [2.05, 4.69) is 21.0 Å². The predicted octanol–water partition coefficient (Wildman–Crippen LogP) is 3.34. The molecule has 0 saturated heterocycles. The van der Waals surface area contributed by atoms with Gasteiger partial charge in [0, 0.05) is 10.7 Å². The van der Waals surface area contributed by atoms with Gasteiger partial charge in [0.15, 0.2) is 0 Å². The van der Waals surface area contributed by atoms with Crippen molar-refractivity contribution in [3.05, 3.63) is 45.7 Å². The van der Waals surface area contributed by atoms with Gasteiger partial charge in [-0.1, -0.05) is 33.6 Å². The minimum Gasteiger partial charge on any atom is -0.389 e. The quantitative estimate of drug-likeness (QED) is 0.924. The molecule has 1 aromatic heterocycles. The van der Waals surface area contributed by atoms with Gasteiger partial charge in [0.1, 0.15) is 0 Å². The molecule has 0 spiro atoms. The molecule has 0 saturated carbocycles. The molecule has 0 unspecified atom stereocenters. The van der Waals surface area contributed by atoms with Gasteiger partial charge < -0.3 is 5.11 Å². The Bertz CT molecular complexity index is 510. The molecule has 0 bridgehead atoms. The van der Waals surface area contributed by atoms with E-state index in [9.17, 15) is 5.11 Å². The number of hydrogen-bond acceptors (Lipinski definition) is 2. The third-order valence-electron chi connectivity index (χ3n) is 2.25. The second-order valence-electron chi connectivity index (χ2n) is 3.48. The molecule has 5 heteroatoms. The first-order valence-corrected chi connectivity index (χ1v) is 5.93. The van der Waals surface area contributed by atoms with E-state index < -0.39 is 6.10 Å². The maximum Gasteiger partial charge on any atom is 0.0790 e. The Kier molecular flexibility index (Phi) is 3.33. The lowest BCUT2D eigenvalue weighted by atomic mass is 10.1. The fourth-order valence-corrected chi connectivity index (χ4v) is 2.27. The Morgan fingerprint density at radius 2 is 2.25 bits per heavy atom. The minimum absolute atomic E-state index is 0.496. The molecular weight excluding hydrogens is 291 g/mol. The van der Waals surface area contributed by atoms with Gasteiger partial charge in [0.05, 0.1) is 23.0 Å². The normalized spacial score (nSPS) is 12.8. The molecule has 16 heavy (non-hydrogen) atoms. The summed E-state index contributed by atoms with van der Waals surface area (Å²) in [5.41, 5.74) is 1.74. The molecule has 1 atom stereocenters. The Morgan fingerprint density at radius 3 is 2.75 bits per heavy atom. The summed E-state index contributed by atoms with van der Waals surface area (Å²) in [6, 6.07) is 5.64. The number of nitrogens with zero attached hydrogens (tertiary/aromatic N) is 2. The summed E-state index contributed by atoms with van der Waals surface area (Å²) in [6.45, 7) is 1.73. The topological polar surface area (TPSA) is 38.0 Å². The Balaban J connectivity index is 2.42. The van der Waals surface area contributed by atoms with Crippen LogP contribution in [-0.4, -0.2) is 14.9 Å². The van der Waals surface area contributed by atoms with E-state index in [1.165, 1.54) is 0 Å². The van der Waals surface area contributed by atoms with E-state index in [1.807, 2.05) is 18.2 Å². The van der Waals surface area contributed by atoms with Crippen LogP contribution in [0.25, 0.3) is 5.69 Å². The molecule has 0 fully saturated rings. The number of benzene rings is 1. The van der Waals surface area contributed by atoms with Crippen LogP contribution < -0.4 is 0 Å². The van der Waals surface area contributed by atoms with Crippen molar-refractivity contribution in [2.45, 2.75) is 13.0 Å². The average molecular weight is 302 g/mol. The van der Waals surface area contributed by atoms with Crippen LogP contribution in [-0.2, 0) is 0 Å². The van der Waals surface area contributed by atoms with E-state index in [4.69, 9.17) is 11.6 Å². The Hall–Kier alpha value is -0.840. The van der Waals surface area contributed by atoms with Crippen molar-refractivity contribution in [1.29, 1.82) is 0 Å². The Morgan fingerprint density at radius 1 is 1.50 bits per heavy atom. The number of aliphatic hydroxyl groups excluding tert-OH is 1.